The number of allylic oxidation sites excluding steroid dienone is 7. The zero-order chi connectivity index (χ0) is 30.5. The number of hydrogen-bond acceptors (Lipinski definition) is 5. The summed E-state index contributed by atoms with van der Waals surface area (Å²) in [7, 11) is 0. The van der Waals surface area contributed by atoms with E-state index in [1.54, 1.807) is 29.3 Å². The zero-order valence-electron chi connectivity index (χ0n) is 24.8. The lowest BCUT2D eigenvalue weighted by Crippen LogP contribution is -2.34. The fraction of sp³-hybridized carbons (Fsp3) is 0.294. The van der Waals surface area contributed by atoms with Crippen LogP contribution in [0.15, 0.2) is 90.4 Å². The Balaban J connectivity index is 1.58. The number of rotatable bonds is 7. The summed E-state index contributed by atoms with van der Waals surface area (Å²) in [5.74, 6) is 1.14. The summed E-state index contributed by atoms with van der Waals surface area (Å²) in [6.45, 7) is 10.7. The number of aromatic nitrogens is 3. The van der Waals surface area contributed by atoms with Crippen LogP contribution in [0.25, 0.3) is 11.0 Å². The van der Waals surface area contributed by atoms with E-state index in [0.717, 1.165) is 42.5 Å². The monoisotopic (exact) mass is 597 g/mol. The minimum absolute atomic E-state index is 0.123. The van der Waals surface area contributed by atoms with E-state index >= 15 is 0 Å². The number of hydrogen-bond donors (Lipinski definition) is 1. The maximum Gasteiger partial charge on any atom is 0.258 e. The maximum atomic E-state index is 13.4. The van der Waals surface area contributed by atoms with Crippen molar-refractivity contribution < 1.29 is 14.3 Å². The van der Waals surface area contributed by atoms with Crippen molar-refractivity contribution in [1.29, 1.82) is 0 Å². The molecule has 1 aliphatic heterocycles. The van der Waals surface area contributed by atoms with Crippen LogP contribution >= 0.6 is 11.6 Å². The highest BCUT2D eigenvalue weighted by Crippen LogP contribution is 2.37. The number of ether oxygens (including phenoxy) is 1. The fourth-order valence-corrected chi connectivity index (χ4v) is 5.76. The van der Waals surface area contributed by atoms with E-state index in [1.165, 1.54) is 6.08 Å². The lowest BCUT2D eigenvalue weighted by Gasteiger charge is -2.26. The number of anilines is 1. The van der Waals surface area contributed by atoms with Crippen molar-refractivity contribution in [3.63, 3.8) is 0 Å². The van der Waals surface area contributed by atoms with E-state index in [-0.39, 0.29) is 17.9 Å². The Morgan fingerprint density at radius 1 is 1.21 bits per heavy atom. The number of nitrogens with zero attached hydrogens (tertiary/aromatic N) is 4. The summed E-state index contributed by atoms with van der Waals surface area (Å²) in [5, 5.41) is 3.44. The number of fused-ring (bicyclic) bond motifs is 1. The molecule has 3 heterocycles. The molecule has 1 fully saturated rings. The van der Waals surface area contributed by atoms with Crippen LogP contribution in [0.4, 0.5) is 5.95 Å². The van der Waals surface area contributed by atoms with Gasteiger partial charge in [0.25, 0.3) is 5.91 Å². The number of carbonyl (C=O) groups excluding carboxylic acids is 2. The average Bonchev–Trinajstić information content (AvgIpc) is 3.15. The molecule has 2 amide bonds. The summed E-state index contributed by atoms with van der Waals surface area (Å²) in [6, 6.07) is 6.83. The quantitative estimate of drug-likeness (QED) is 0.285. The minimum atomic E-state index is -0.311. The smallest absolute Gasteiger partial charge is 0.258 e. The summed E-state index contributed by atoms with van der Waals surface area (Å²) >= 11 is 6.99. The lowest BCUT2D eigenvalue weighted by molar-refractivity contribution is -0.126. The van der Waals surface area contributed by atoms with Gasteiger partial charge in [-0.2, -0.15) is 0 Å². The third-order valence-corrected chi connectivity index (χ3v) is 7.89. The first-order valence-corrected chi connectivity index (χ1v) is 15.0. The Bertz CT molecular complexity index is 1700. The number of benzene rings is 1. The largest absolute Gasteiger partial charge is 0.457 e. The van der Waals surface area contributed by atoms with Crippen molar-refractivity contribution in [1.82, 2.24) is 19.4 Å². The van der Waals surface area contributed by atoms with Crippen LogP contribution in [-0.4, -0.2) is 44.3 Å². The van der Waals surface area contributed by atoms with Gasteiger partial charge in [0.2, 0.25) is 11.9 Å². The molecular formula is C34H36ClN5O3. The summed E-state index contributed by atoms with van der Waals surface area (Å²) < 4.78 is 8.30. The second kappa shape index (κ2) is 13.3. The van der Waals surface area contributed by atoms with Gasteiger partial charge >= 0.3 is 0 Å². The van der Waals surface area contributed by atoms with Crippen molar-refractivity contribution in [3.8, 4) is 5.75 Å². The van der Waals surface area contributed by atoms with Crippen LogP contribution in [0.1, 0.15) is 61.6 Å². The van der Waals surface area contributed by atoms with E-state index in [9.17, 15) is 9.59 Å². The van der Waals surface area contributed by atoms with E-state index in [2.05, 4.69) is 29.9 Å². The average molecular weight is 598 g/mol. The highest BCUT2D eigenvalue weighted by atomic mass is 35.5. The van der Waals surface area contributed by atoms with E-state index in [0.29, 0.717) is 52.2 Å². The van der Waals surface area contributed by atoms with Gasteiger partial charge in [0.15, 0.2) is 0 Å². The van der Waals surface area contributed by atoms with Gasteiger partial charge in [0.1, 0.15) is 11.5 Å². The number of aryl methyl sites for hydroxylation is 1. The Kier molecular flexibility index (Phi) is 9.26. The second-order valence-electron chi connectivity index (χ2n) is 10.8. The van der Waals surface area contributed by atoms with Crippen LogP contribution in [0.2, 0.25) is 5.02 Å². The number of pyridine rings is 1. The molecule has 1 N–H and O–H groups in total. The van der Waals surface area contributed by atoms with Crippen LogP contribution in [0.5, 0.6) is 5.75 Å². The first kappa shape index (κ1) is 30.0. The third kappa shape index (κ3) is 6.97. The van der Waals surface area contributed by atoms with Crippen molar-refractivity contribution in [2.24, 2.45) is 0 Å². The van der Waals surface area contributed by atoms with Crippen LogP contribution < -0.4 is 10.1 Å². The predicted octanol–water partition coefficient (Wildman–Crippen LogP) is 7.50. The zero-order valence-corrected chi connectivity index (χ0v) is 25.5. The normalized spacial score (nSPS) is 19.2. The molecule has 9 heteroatoms. The topological polar surface area (TPSA) is 89.4 Å². The Morgan fingerprint density at radius 2 is 2.05 bits per heavy atom. The minimum Gasteiger partial charge on any atom is -0.457 e. The number of nitrogens with one attached hydrogen (secondary N) is 1. The molecule has 1 aliphatic carbocycles. The van der Waals surface area contributed by atoms with E-state index < -0.39 is 0 Å². The third-order valence-electron chi connectivity index (χ3n) is 7.61. The highest BCUT2D eigenvalue weighted by molar-refractivity contribution is 6.35. The molecule has 0 saturated carbocycles. The number of likely N-dealkylation sites (tertiary alicyclic amines) is 1. The number of halogens is 1. The maximum absolute atomic E-state index is 13.4. The molecule has 1 atom stereocenters. The first-order valence-electron chi connectivity index (χ1n) is 14.6. The predicted molar refractivity (Wildman–Crippen MR) is 171 cm³/mol. The van der Waals surface area contributed by atoms with Gasteiger partial charge in [0, 0.05) is 42.7 Å². The molecule has 0 bridgehead atoms. The van der Waals surface area contributed by atoms with E-state index in [1.807, 2.05) is 48.8 Å². The molecule has 2 aromatic heterocycles. The van der Waals surface area contributed by atoms with Gasteiger partial charge in [-0.3, -0.25) is 19.9 Å². The molecule has 5 rings (SSSR count). The van der Waals surface area contributed by atoms with Gasteiger partial charge in [-0.15, -0.1) is 0 Å². The van der Waals surface area contributed by atoms with Gasteiger partial charge in [-0.25, -0.2) is 4.98 Å². The van der Waals surface area contributed by atoms with Crippen molar-refractivity contribution >= 4 is 40.4 Å². The molecule has 3 aromatic rings. The van der Waals surface area contributed by atoms with Crippen LogP contribution in [0.3, 0.4) is 0 Å². The van der Waals surface area contributed by atoms with Gasteiger partial charge in [-0.05, 0) is 81.0 Å². The molecular weight excluding hydrogens is 562 g/mol. The standard InChI is InChI=1S/C34H36ClN5O3/c1-5-24-11-9-10-22(3)16-27(18-24)43-28-19-29(35)32-30(20-28)37-34(38-33(42)25-13-14-36-23(4)17-25)40(32)26-12-7-8-15-39(21-26)31(41)6-2/h6,9-11,13-14,16-20,26H,2,5,7-8,12,15,21H2,1,3-4H3,(H,37,38,42)/b10-9?,11-9-,22-10-,22-16?,24-11?,24-18?,27-16?,27-18?/t26-/m1/s1. The number of amides is 2. The summed E-state index contributed by atoms with van der Waals surface area (Å²) in [6.07, 6.45) is 16.5. The molecule has 1 saturated heterocycles. The fourth-order valence-electron chi connectivity index (χ4n) is 5.46. The molecule has 0 spiro atoms. The second-order valence-corrected chi connectivity index (χ2v) is 11.3. The van der Waals surface area contributed by atoms with Gasteiger partial charge in [-0.1, -0.05) is 43.3 Å². The number of carbonyl (C=O) groups is 2. The molecule has 0 radical (unpaired) electrons. The van der Waals surface area contributed by atoms with Crippen LogP contribution in [-0.2, 0) is 4.79 Å². The molecule has 0 unspecified atom stereocenters. The van der Waals surface area contributed by atoms with E-state index in [4.69, 9.17) is 21.3 Å². The first-order chi connectivity index (χ1) is 20.7. The van der Waals surface area contributed by atoms with Gasteiger partial charge < -0.3 is 14.2 Å². The molecule has 2 aliphatic rings. The summed E-state index contributed by atoms with van der Waals surface area (Å²) in [4.78, 5) is 36.9. The van der Waals surface area contributed by atoms with Gasteiger partial charge in [0.05, 0.1) is 22.1 Å². The van der Waals surface area contributed by atoms with Crippen LogP contribution in [0, 0.1) is 6.92 Å². The Morgan fingerprint density at radius 3 is 2.81 bits per heavy atom. The molecule has 8 nitrogen and oxygen atoms in total. The lowest BCUT2D eigenvalue weighted by atomic mass is 10.1. The number of imidazole rings is 1. The highest BCUT2D eigenvalue weighted by Gasteiger charge is 2.28. The molecule has 43 heavy (non-hydrogen) atoms. The Labute approximate surface area is 257 Å². The molecule has 1 aromatic carbocycles. The molecule has 222 valence electrons. The summed E-state index contributed by atoms with van der Waals surface area (Å²) in [5.41, 5.74) is 4.64. The Hall–Kier alpha value is -4.43. The van der Waals surface area contributed by atoms with Crippen molar-refractivity contribution in [3.05, 3.63) is 107 Å². The SMILES string of the molecule is C=CC(=O)N1CCCC[C@@H](n2c(NC(=O)c3ccnc(C)c3)nc3cc(OC4=C/C(C)=C\C=C/C(CC)=C4)cc(Cl)c32)C1. The van der Waals surface area contributed by atoms with Crippen molar-refractivity contribution in [2.45, 2.75) is 52.5 Å². The van der Waals surface area contributed by atoms with Crippen molar-refractivity contribution in [2.75, 3.05) is 18.4 Å².